The van der Waals surface area contributed by atoms with E-state index in [1.165, 1.54) is 15.0 Å². The lowest BCUT2D eigenvalue weighted by molar-refractivity contribution is -0.133. The fraction of sp³-hybridized carbons (Fsp3) is 0.375. The predicted molar refractivity (Wildman–Crippen MR) is 120 cm³/mol. The molecule has 3 N–H and O–H groups in total. The van der Waals surface area contributed by atoms with E-state index in [2.05, 4.69) is 35.6 Å². The van der Waals surface area contributed by atoms with Crippen LogP contribution in [0.5, 0.6) is 0 Å². The zero-order valence-corrected chi connectivity index (χ0v) is 18.3. The number of hydrogen-bond donors (Lipinski definition) is 3. The molecule has 0 bridgehead atoms. The van der Waals surface area contributed by atoms with E-state index in [9.17, 15) is 9.18 Å². The SMILES string of the molecule is Cc1cc(C[C@H](CCCCNCc2cc3ccccc3s2)C(=O)NO)cc(C)c1F. The molecule has 1 atom stereocenters. The third-order valence-electron chi connectivity index (χ3n) is 5.39. The monoisotopic (exact) mass is 428 g/mol. The summed E-state index contributed by atoms with van der Waals surface area (Å²) in [5, 5.41) is 13.8. The van der Waals surface area contributed by atoms with Gasteiger partial charge in [-0.05, 0) is 73.9 Å². The van der Waals surface area contributed by atoms with Crippen LogP contribution in [0.3, 0.4) is 0 Å². The highest BCUT2D eigenvalue weighted by Crippen LogP contribution is 2.25. The van der Waals surface area contributed by atoms with Crippen LogP contribution < -0.4 is 10.8 Å². The Hall–Kier alpha value is -2.28. The highest BCUT2D eigenvalue weighted by atomic mass is 32.1. The second kappa shape index (κ2) is 10.7. The van der Waals surface area contributed by atoms with Gasteiger partial charge in [-0.25, -0.2) is 9.87 Å². The lowest BCUT2D eigenvalue weighted by atomic mass is 9.92. The highest BCUT2D eigenvalue weighted by Gasteiger charge is 2.19. The molecule has 0 aliphatic heterocycles. The van der Waals surface area contributed by atoms with E-state index in [1.54, 1.807) is 31.5 Å². The molecule has 1 amide bonds. The van der Waals surface area contributed by atoms with Crippen molar-refractivity contribution in [3.8, 4) is 0 Å². The second-order valence-electron chi connectivity index (χ2n) is 7.84. The zero-order chi connectivity index (χ0) is 21.5. The number of hydroxylamine groups is 1. The fourth-order valence-corrected chi connectivity index (χ4v) is 4.87. The minimum atomic E-state index is -0.382. The van der Waals surface area contributed by atoms with Gasteiger partial charge in [0.25, 0.3) is 0 Å². The summed E-state index contributed by atoms with van der Waals surface area (Å²) in [4.78, 5) is 13.4. The Kier molecular flexibility index (Phi) is 7.96. The van der Waals surface area contributed by atoms with Crippen LogP contribution in [0, 0.1) is 25.6 Å². The van der Waals surface area contributed by atoms with Crippen LogP contribution in [0.2, 0.25) is 0 Å². The summed E-state index contributed by atoms with van der Waals surface area (Å²) in [6.07, 6.45) is 2.98. The zero-order valence-electron chi connectivity index (χ0n) is 17.5. The van der Waals surface area contributed by atoms with E-state index in [0.717, 1.165) is 31.5 Å². The molecule has 0 saturated carbocycles. The Morgan fingerprint density at radius 1 is 1.13 bits per heavy atom. The van der Waals surface area contributed by atoms with Crippen molar-refractivity contribution in [3.63, 3.8) is 0 Å². The molecule has 6 heteroatoms. The summed E-state index contributed by atoms with van der Waals surface area (Å²) in [6, 6.07) is 14.2. The number of carbonyl (C=O) groups excluding carboxylic acids is 1. The van der Waals surface area contributed by atoms with Gasteiger partial charge in [0.1, 0.15) is 5.82 Å². The predicted octanol–water partition coefficient (Wildman–Crippen LogP) is 5.28. The second-order valence-corrected chi connectivity index (χ2v) is 9.01. The first-order valence-corrected chi connectivity index (χ1v) is 11.2. The van der Waals surface area contributed by atoms with Gasteiger partial charge in [-0.1, -0.05) is 36.8 Å². The Morgan fingerprint density at radius 2 is 1.87 bits per heavy atom. The van der Waals surface area contributed by atoms with Gasteiger partial charge >= 0.3 is 0 Å². The van der Waals surface area contributed by atoms with Gasteiger partial charge in [-0.15, -0.1) is 11.3 Å². The summed E-state index contributed by atoms with van der Waals surface area (Å²) in [6.45, 7) is 5.18. The summed E-state index contributed by atoms with van der Waals surface area (Å²) < 4.78 is 15.2. The molecule has 1 heterocycles. The van der Waals surface area contributed by atoms with E-state index in [1.807, 2.05) is 11.3 Å². The average Bonchev–Trinajstić information content (AvgIpc) is 3.15. The maximum absolute atomic E-state index is 13.9. The molecule has 0 unspecified atom stereocenters. The molecule has 0 saturated heterocycles. The highest BCUT2D eigenvalue weighted by molar-refractivity contribution is 7.19. The van der Waals surface area contributed by atoms with Crippen LogP contribution in [0.1, 0.15) is 40.8 Å². The smallest absolute Gasteiger partial charge is 0.246 e. The van der Waals surface area contributed by atoms with E-state index in [0.29, 0.717) is 24.0 Å². The van der Waals surface area contributed by atoms with Crippen molar-refractivity contribution >= 4 is 27.3 Å². The van der Waals surface area contributed by atoms with Crippen molar-refractivity contribution in [1.82, 2.24) is 10.8 Å². The van der Waals surface area contributed by atoms with Crippen LogP contribution >= 0.6 is 11.3 Å². The number of amides is 1. The molecule has 4 nitrogen and oxygen atoms in total. The molecule has 0 aliphatic rings. The number of unbranched alkanes of at least 4 members (excludes halogenated alkanes) is 1. The number of halogens is 1. The molecule has 3 rings (SSSR count). The molecule has 0 fully saturated rings. The summed E-state index contributed by atoms with van der Waals surface area (Å²) >= 11 is 1.81. The molecule has 0 radical (unpaired) electrons. The van der Waals surface area contributed by atoms with E-state index >= 15 is 0 Å². The summed E-state index contributed by atoms with van der Waals surface area (Å²) in [5.41, 5.74) is 3.87. The van der Waals surface area contributed by atoms with Gasteiger partial charge in [0.15, 0.2) is 0 Å². The number of rotatable bonds is 10. The first-order chi connectivity index (χ1) is 14.5. The minimum absolute atomic E-state index is 0.202. The van der Waals surface area contributed by atoms with E-state index in [-0.39, 0.29) is 17.6 Å². The molecule has 160 valence electrons. The van der Waals surface area contributed by atoms with Gasteiger partial charge < -0.3 is 5.32 Å². The van der Waals surface area contributed by atoms with Crippen molar-refractivity contribution in [1.29, 1.82) is 0 Å². The van der Waals surface area contributed by atoms with Crippen LogP contribution in [0.25, 0.3) is 10.1 Å². The third-order valence-corrected chi connectivity index (χ3v) is 6.51. The van der Waals surface area contributed by atoms with Crippen LogP contribution in [-0.4, -0.2) is 17.7 Å². The van der Waals surface area contributed by atoms with E-state index < -0.39 is 0 Å². The molecular formula is C24H29FN2O2S. The van der Waals surface area contributed by atoms with Gasteiger partial charge in [0, 0.05) is 22.0 Å². The third kappa shape index (κ3) is 5.88. The van der Waals surface area contributed by atoms with Crippen molar-refractivity contribution in [3.05, 3.63) is 69.8 Å². The van der Waals surface area contributed by atoms with Crippen molar-refractivity contribution in [2.75, 3.05) is 6.54 Å². The summed E-state index contributed by atoms with van der Waals surface area (Å²) in [7, 11) is 0. The van der Waals surface area contributed by atoms with Crippen molar-refractivity contribution < 1.29 is 14.4 Å². The molecule has 1 aromatic heterocycles. The number of carbonyl (C=O) groups is 1. The Balaban J connectivity index is 1.45. The van der Waals surface area contributed by atoms with Gasteiger partial charge in [0.2, 0.25) is 5.91 Å². The average molecular weight is 429 g/mol. The molecule has 0 aliphatic carbocycles. The largest absolute Gasteiger partial charge is 0.312 e. The standard InChI is InChI=1S/C24H29FN2O2S/c1-16-11-18(12-17(2)23(16)25)13-20(24(28)27-29)8-5-6-10-26-15-21-14-19-7-3-4-9-22(19)30-21/h3-4,7,9,11-12,14,20,26,29H,5-6,8,10,13,15H2,1-2H3,(H,27,28)/t20-/m0/s1. The minimum Gasteiger partial charge on any atom is -0.312 e. The first kappa shape index (κ1) is 22.4. The van der Waals surface area contributed by atoms with Gasteiger partial charge in [-0.3, -0.25) is 10.0 Å². The molecule has 3 aromatic rings. The van der Waals surface area contributed by atoms with E-state index in [4.69, 9.17) is 5.21 Å². The van der Waals surface area contributed by atoms with Crippen LogP contribution in [0.15, 0.2) is 42.5 Å². The van der Waals surface area contributed by atoms with Gasteiger partial charge in [-0.2, -0.15) is 0 Å². The maximum atomic E-state index is 13.9. The number of thiophene rings is 1. The lowest BCUT2D eigenvalue weighted by Gasteiger charge is -2.16. The topological polar surface area (TPSA) is 61.4 Å². The molecule has 30 heavy (non-hydrogen) atoms. The Bertz CT molecular complexity index is 946. The van der Waals surface area contributed by atoms with Crippen LogP contribution in [0.4, 0.5) is 4.39 Å². The van der Waals surface area contributed by atoms with Crippen molar-refractivity contribution in [2.45, 2.75) is 46.1 Å². The summed E-state index contributed by atoms with van der Waals surface area (Å²) in [5.74, 6) is -0.915. The Labute approximate surface area is 181 Å². The molecular weight excluding hydrogens is 399 g/mol. The number of aryl methyl sites for hydroxylation is 2. The molecule has 0 spiro atoms. The van der Waals surface area contributed by atoms with Crippen LogP contribution in [-0.2, 0) is 17.8 Å². The normalized spacial score (nSPS) is 12.3. The van der Waals surface area contributed by atoms with Gasteiger partial charge in [0.05, 0.1) is 0 Å². The number of hydrogen-bond acceptors (Lipinski definition) is 4. The number of fused-ring (bicyclic) bond motifs is 1. The fourth-order valence-electron chi connectivity index (χ4n) is 3.83. The first-order valence-electron chi connectivity index (χ1n) is 10.4. The number of benzene rings is 2. The Morgan fingerprint density at radius 3 is 2.57 bits per heavy atom. The molecule has 2 aromatic carbocycles. The van der Waals surface area contributed by atoms with Crippen molar-refractivity contribution in [2.24, 2.45) is 5.92 Å². The maximum Gasteiger partial charge on any atom is 0.246 e. The lowest BCUT2D eigenvalue weighted by Crippen LogP contribution is -2.29. The number of nitrogens with one attached hydrogen (secondary N) is 2. The quantitative estimate of drug-likeness (QED) is 0.234.